The van der Waals surface area contributed by atoms with Crippen LogP contribution in [-0.4, -0.2) is 19.9 Å². The highest BCUT2D eigenvalue weighted by atomic mass is 16.3. The average molecular weight is 617 g/mol. The average Bonchev–Trinajstić information content (AvgIpc) is 3.73. The van der Waals surface area contributed by atoms with Gasteiger partial charge in [0.2, 0.25) is 0 Å². The second-order valence-electron chi connectivity index (χ2n) is 11.8. The third-order valence-electron chi connectivity index (χ3n) is 9.02. The lowest BCUT2D eigenvalue weighted by Gasteiger charge is -2.13. The van der Waals surface area contributed by atoms with Gasteiger partial charge in [0.25, 0.3) is 0 Å². The maximum atomic E-state index is 6.22. The summed E-state index contributed by atoms with van der Waals surface area (Å²) in [4.78, 5) is 20.2. The highest BCUT2D eigenvalue weighted by Gasteiger charge is 2.20. The normalized spacial score (nSPS) is 11.8. The van der Waals surface area contributed by atoms with Crippen LogP contribution in [0.2, 0.25) is 0 Å². The minimum Gasteiger partial charge on any atom is -0.456 e. The zero-order valence-corrected chi connectivity index (χ0v) is 25.5. The molecule has 0 spiro atoms. The van der Waals surface area contributed by atoms with E-state index in [0.717, 1.165) is 82.6 Å². The molecule has 6 nitrogen and oxygen atoms in total. The van der Waals surface area contributed by atoms with E-state index in [1.807, 2.05) is 91.1 Å². The van der Waals surface area contributed by atoms with Crippen molar-refractivity contribution in [3.05, 3.63) is 146 Å². The Kier molecular flexibility index (Phi) is 5.77. The Balaban J connectivity index is 1.23. The van der Waals surface area contributed by atoms with E-state index in [9.17, 15) is 0 Å². The monoisotopic (exact) mass is 616 g/mol. The van der Waals surface area contributed by atoms with Gasteiger partial charge in [0.15, 0.2) is 17.5 Å². The third-order valence-corrected chi connectivity index (χ3v) is 9.02. The van der Waals surface area contributed by atoms with Crippen LogP contribution in [0.1, 0.15) is 0 Å². The SMILES string of the molecule is c1ccc(-c2nc(-c3cccc4c(-c5nccc6oc7ccccc7c56)cccc34)nc(-c3cccc4oc5ccccc5c34)n2)cc1. The molecule has 0 saturated carbocycles. The van der Waals surface area contributed by atoms with Crippen LogP contribution >= 0.6 is 0 Å². The molecule has 0 unspecified atom stereocenters. The number of hydrogen-bond donors (Lipinski definition) is 0. The minimum absolute atomic E-state index is 0.584. The number of fused-ring (bicyclic) bond motifs is 7. The first-order valence-electron chi connectivity index (χ1n) is 15.8. The predicted molar refractivity (Wildman–Crippen MR) is 191 cm³/mol. The number of pyridine rings is 1. The third kappa shape index (κ3) is 4.06. The van der Waals surface area contributed by atoms with E-state index in [-0.39, 0.29) is 0 Å². The Morgan fingerprint density at radius 2 is 0.875 bits per heavy atom. The molecule has 0 bridgehead atoms. The fraction of sp³-hybridized carbons (Fsp3) is 0. The van der Waals surface area contributed by atoms with Crippen LogP contribution in [0.15, 0.2) is 155 Å². The van der Waals surface area contributed by atoms with E-state index in [1.54, 1.807) is 0 Å². The molecule has 10 aromatic rings. The van der Waals surface area contributed by atoms with Crippen molar-refractivity contribution in [2.45, 2.75) is 0 Å². The summed E-state index contributed by atoms with van der Waals surface area (Å²) in [6.07, 6.45) is 1.81. The van der Waals surface area contributed by atoms with Crippen molar-refractivity contribution in [1.29, 1.82) is 0 Å². The van der Waals surface area contributed by atoms with Gasteiger partial charge in [0, 0.05) is 44.6 Å². The zero-order chi connectivity index (χ0) is 31.6. The molecule has 4 heterocycles. The second-order valence-corrected chi connectivity index (χ2v) is 11.8. The van der Waals surface area contributed by atoms with Crippen LogP contribution in [0, 0.1) is 0 Å². The number of aromatic nitrogens is 4. The molecule has 0 N–H and O–H groups in total. The molecule has 0 radical (unpaired) electrons. The smallest absolute Gasteiger partial charge is 0.164 e. The zero-order valence-electron chi connectivity index (χ0n) is 25.5. The molecule has 48 heavy (non-hydrogen) atoms. The summed E-state index contributed by atoms with van der Waals surface area (Å²) in [5, 5.41) is 6.11. The first-order chi connectivity index (χ1) is 23.8. The molecule has 0 aliphatic rings. The van der Waals surface area contributed by atoms with Crippen LogP contribution in [-0.2, 0) is 0 Å². The van der Waals surface area contributed by atoms with Gasteiger partial charge >= 0.3 is 0 Å². The fourth-order valence-electron chi connectivity index (χ4n) is 6.88. The number of para-hydroxylation sites is 2. The Morgan fingerprint density at radius 1 is 0.354 bits per heavy atom. The van der Waals surface area contributed by atoms with Gasteiger partial charge in [-0.15, -0.1) is 0 Å². The van der Waals surface area contributed by atoms with E-state index in [4.69, 9.17) is 28.8 Å². The lowest BCUT2D eigenvalue weighted by Crippen LogP contribution is -2.01. The van der Waals surface area contributed by atoms with Crippen molar-refractivity contribution in [3.63, 3.8) is 0 Å². The molecule has 0 aliphatic carbocycles. The summed E-state index contributed by atoms with van der Waals surface area (Å²) in [6.45, 7) is 0. The minimum atomic E-state index is 0.584. The molecular weight excluding hydrogens is 592 g/mol. The highest BCUT2D eigenvalue weighted by Crippen LogP contribution is 2.41. The first kappa shape index (κ1) is 26.5. The molecule has 224 valence electrons. The van der Waals surface area contributed by atoms with E-state index in [2.05, 4.69) is 54.6 Å². The van der Waals surface area contributed by atoms with Crippen molar-refractivity contribution in [2.24, 2.45) is 0 Å². The molecule has 0 amide bonds. The second kappa shape index (κ2) is 10.4. The summed E-state index contributed by atoms with van der Waals surface area (Å²) in [6, 6.07) is 46.8. The lowest BCUT2D eigenvalue weighted by atomic mass is 9.95. The number of hydrogen-bond acceptors (Lipinski definition) is 6. The van der Waals surface area contributed by atoms with E-state index < -0.39 is 0 Å². The Bertz CT molecular complexity index is 2850. The molecule has 0 fully saturated rings. The van der Waals surface area contributed by atoms with E-state index >= 15 is 0 Å². The Hall–Kier alpha value is -6.66. The predicted octanol–water partition coefficient (Wildman–Crippen LogP) is 10.9. The van der Waals surface area contributed by atoms with Crippen LogP contribution in [0.5, 0.6) is 0 Å². The maximum absolute atomic E-state index is 6.22. The topological polar surface area (TPSA) is 77.8 Å². The summed E-state index contributed by atoms with van der Waals surface area (Å²) in [7, 11) is 0. The Morgan fingerprint density at radius 3 is 1.65 bits per heavy atom. The van der Waals surface area contributed by atoms with Crippen molar-refractivity contribution in [2.75, 3.05) is 0 Å². The summed E-state index contributed by atoms with van der Waals surface area (Å²) in [5.74, 6) is 1.77. The number of benzene rings is 6. The van der Waals surface area contributed by atoms with Crippen molar-refractivity contribution < 1.29 is 8.83 Å². The number of nitrogens with zero attached hydrogens (tertiary/aromatic N) is 4. The van der Waals surface area contributed by atoms with Gasteiger partial charge in [-0.2, -0.15) is 0 Å². The molecule has 0 aliphatic heterocycles. The van der Waals surface area contributed by atoms with Crippen molar-refractivity contribution >= 4 is 54.6 Å². The molecule has 4 aromatic heterocycles. The van der Waals surface area contributed by atoms with Gasteiger partial charge in [0.05, 0.1) is 11.1 Å². The van der Waals surface area contributed by atoms with Crippen LogP contribution in [0.3, 0.4) is 0 Å². The van der Waals surface area contributed by atoms with Crippen LogP contribution in [0.4, 0.5) is 0 Å². The van der Waals surface area contributed by atoms with Gasteiger partial charge in [-0.25, -0.2) is 15.0 Å². The maximum Gasteiger partial charge on any atom is 0.164 e. The Labute approximate surface area is 274 Å². The molecule has 0 atom stereocenters. The van der Waals surface area contributed by atoms with Gasteiger partial charge < -0.3 is 8.83 Å². The molecular formula is C42H24N4O2. The van der Waals surface area contributed by atoms with Crippen LogP contribution in [0.25, 0.3) is 100 Å². The van der Waals surface area contributed by atoms with E-state index in [0.29, 0.717) is 17.5 Å². The molecule has 6 heteroatoms. The quantitative estimate of drug-likeness (QED) is 0.196. The first-order valence-corrected chi connectivity index (χ1v) is 15.8. The van der Waals surface area contributed by atoms with E-state index in [1.165, 1.54) is 0 Å². The van der Waals surface area contributed by atoms with Crippen molar-refractivity contribution in [1.82, 2.24) is 19.9 Å². The molecule has 0 saturated heterocycles. The standard InChI is InChI=1S/C42H24N4O2/c1-2-11-25(12-3-1)40-44-41(46-42(45-40)32-19-10-22-35-37(32)30-13-4-6-20-33(30)47-35)29-18-9-15-26-27(29)16-8-17-28(26)39-38-31-14-5-7-21-34(31)48-36(38)23-24-43-39/h1-24H. The molecule has 6 aromatic carbocycles. The lowest BCUT2D eigenvalue weighted by molar-refractivity contribution is 0.668. The van der Waals surface area contributed by atoms with Crippen molar-refractivity contribution in [3.8, 4) is 45.4 Å². The summed E-state index contributed by atoms with van der Waals surface area (Å²) in [5.41, 5.74) is 7.87. The fourth-order valence-corrected chi connectivity index (χ4v) is 6.88. The van der Waals surface area contributed by atoms with Gasteiger partial charge in [-0.3, -0.25) is 4.98 Å². The highest BCUT2D eigenvalue weighted by molar-refractivity contribution is 6.15. The van der Waals surface area contributed by atoms with Gasteiger partial charge in [0.1, 0.15) is 22.3 Å². The number of rotatable bonds is 4. The number of furan rings is 2. The summed E-state index contributed by atoms with van der Waals surface area (Å²) >= 11 is 0. The summed E-state index contributed by atoms with van der Waals surface area (Å²) < 4.78 is 12.4. The van der Waals surface area contributed by atoms with Gasteiger partial charge in [-0.05, 0) is 35.0 Å². The van der Waals surface area contributed by atoms with Gasteiger partial charge in [-0.1, -0.05) is 115 Å². The molecule has 10 rings (SSSR count). The van der Waals surface area contributed by atoms with Crippen LogP contribution < -0.4 is 0 Å². The largest absolute Gasteiger partial charge is 0.456 e.